The molecule has 1 saturated carbocycles. The SMILES string of the molecule is C(=C\C1CC1)/c1ccc2c(ccc3c2ccc2oc4ccccc4c23)c1. The molecule has 26 heavy (non-hydrogen) atoms. The fourth-order valence-corrected chi connectivity index (χ4v) is 4.03. The Balaban J connectivity index is 1.63. The van der Waals surface area contributed by atoms with E-state index in [2.05, 4.69) is 66.7 Å². The van der Waals surface area contributed by atoms with Crippen LogP contribution in [0.25, 0.3) is 49.6 Å². The van der Waals surface area contributed by atoms with Crippen molar-refractivity contribution in [1.29, 1.82) is 0 Å². The third-order valence-corrected chi connectivity index (χ3v) is 5.56. The van der Waals surface area contributed by atoms with E-state index in [0.717, 1.165) is 17.1 Å². The maximum absolute atomic E-state index is 6.04. The van der Waals surface area contributed by atoms with Crippen LogP contribution >= 0.6 is 0 Å². The van der Waals surface area contributed by atoms with Crippen LogP contribution in [0.15, 0.2) is 77.2 Å². The molecule has 5 aromatic rings. The van der Waals surface area contributed by atoms with Crippen LogP contribution in [-0.2, 0) is 0 Å². The third-order valence-electron chi connectivity index (χ3n) is 5.56. The summed E-state index contributed by atoms with van der Waals surface area (Å²) in [5, 5.41) is 7.57. The summed E-state index contributed by atoms with van der Waals surface area (Å²) in [6.45, 7) is 0. The minimum Gasteiger partial charge on any atom is -0.456 e. The van der Waals surface area contributed by atoms with Crippen molar-refractivity contribution in [3.63, 3.8) is 0 Å². The van der Waals surface area contributed by atoms with E-state index in [1.807, 2.05) is 12.1 Å². The summed E-state index contributed by atoms with van der Waals surface area (Å²) in [7, 11) is 0. The van der Waals surface area contributed by atoms with Crippen molar-refractivity contribution >= 4 is 49.6 Å². The lowest BCUT2D eigenvalue weighted by atomic mass is 9.97. The highest BCUT2D eigenvalue weighted by atomic mass is 16.3. The summed E-state index contributed by atoms with van der Waals surface area (Å²) in [5.41, 5.74) is 3.20. The van der Waals surface area contributed by atoms with Gasteiger partial charge in [-0.3, -0.25) is 0 Å². The van der Waals surface area contributed by atoms with Gasteiger partial charge in [0.05, 0.1) is 0 Å². The van der Waals surface area contributed by atoms with E-state index in [1.54, 1.807) is 0 Å². The van der Waals surface area contributed by atoms with E-state index in [1.165, 1.54) is 50.7 Å². The monoisotopic (exact) mass is 334 g/mol. The number of furan rings is 1. The summed E-state index contributed by atoms with van der Waals surface area (Å²) in [5.74, 6) is 0.810. The highest BCUT2D eigenvalue weighted by molar-refractivity contribution is 6.23. The van der Waals surface area contributed by atoms with Gasteiger partial charge in [0.1, 0.15) is 11.2 Å². The van der Waals surface area contributed by atoms with Crippen molar-refractivity contribution < 1.29 is 4.42 Å². The van der Waals surface area contributed by atoms with Crippen LogP contribution in [0.2, 0.25) is 0 Å². The van der Waals surface area contributed by atoms with Gasteiger partial charge < -0.3 is 4.42 Å². The van der Waals surface area contributed by atoms with Gasteiger partial charge in [-0.05, 0) is 64.1 Å². The predicted molar refractivity (Wildman–Crippen MR) is 110 cm³/mol. The minimum absolute atomic E-state index is 0.810. The summed E-state index contributed by atoms with van der Waals surface area (Å²) in [6.07, 6.45) is 7.32. The Morgan fingerprint density at radius 3 is 2.50 bits per heavy atom. The van der Waals surface area contributed by atoms with Crippen molar-refractivity contribution in [1.82, 2.24) is 0 Å². The van der Waals surface area contributed by atoms with E-state index < -0.39 is 0 Å². The number of hydrogen-bond donors (Lipinski definition) is 0. The molecule has 1 heteroatoms. The van der Waals surface area contributed by atoms with E-state index >= 15 is 0 Å². The highest BCUT2D eigenvalue weighted by Gasteiger charge is 2.17. The second kappa shape index (κ2) is 5.22. The van der Waals surface area contributed by atoms with Crippen LogP contribution in [0, 0.1) is 5.92 Å². The first-order chi connectivity index (χ1) is 12.9. The first-order valence-corrected chi connectivity index (χ1v) is 9.32. The first-order valence-electron chi connectivity index (χ1n) is 9.32. The molecular weight excluding hydrogens is 316 g/mol. The second-order valence-electron chi connectivity index (χ2n) is 7.37. The lowest BCUT2D eigenvalue weighted by molar-refractivity contribution is 0.669. The average molecular weight is 334 g/mol. The molecule has 124 valence electrons. The van der Waals surface area contributed by atoms with Gasteiger partial charge in [0.25, 0.3) is 0 Å². The molecule has 0 saturated heterocycles. The molecule has 1 aliphatic rings. The Hall–Kier alpha value is -3.06. The zero-order valence-corrected chi connectivity index (χ0v) is 14.4. The molecule has 4 aromatic carbocycles. The number of rotatable bonds is 2. The molecule has 0 bridgehead atoms. The summed E-state index contributed by atoms with van der Waals surface area (Å²) >= 11 is 0. The van der Waals surface area contributed by atoms with Crippen LogP contribution in [-0.4, -0.2) is 0 Å². The molecule has 1 aliphatic carbocycles. The van der Waals surface area contributed by atoms with Crippen molar-refractivity contribution in [2.24, 2.45) is 5.92 Å². The van der Waals surface area contributed by atoms with Crippen molar-refractivity contribution in [2.75, 3.05) is 0 Å². The highest BCUT2D eigenvalue weighted by Crippen LogP contribution is 2.37. The zero-order chi connectivity index (χ0) is 17.1. The zero-order valence-electron chi connectivity index (χ0n) is 14.4. The van der Waals surface area contributed by atoms with E-state index in [4.69, 9.17) is 4.42 Å². The molecule has 6 rings (SSSR count). The number of benzene rings is 4. The maximum Gasteiger partial charge on any atom is 0.136 e. The van der Waals surface area contributed by atoms with Crippen molar-refractivity contribution in [3.05, 3.63) is 78.4 Å². The van der Waals surface area contributed by atoms with Crippen LogP contribution in [0.5, 0.6) is 0 Å². The van der Waals surface area contributed by atoms with Gasteiger partial charge in [-0.2, -0.15) is 0 Å². The molecule has 1 nitrogen and oxygen atoms in total. The molecule has 0 unspecified atom stereocenters. The molecular formula is C25H18O. The number of para-hydroxylation sites is 1. The predicted octanol–water partition coefficient (Wildman–Crippen LogP) is 7.32. The maximum atomic E-state index is 6.04. The van der Waals surface area contributed by atoms with Crippen LogP contribution in [0.3, 0.4) is 0 Å². The van der Waals surface area contributed by atoms with Crippen LogP contribution in [0.4, 0.5) is 0 Å². The van der Waals surface area contributed by atoms with Gasteiger partial charge in [0.15, 0.2) is 0 Å². The molecule has 1 heterocycles. The Bertz CT molecular complexity index is 1330. The topological polar surface area (TPSA) is 13.1 Å². The lowest BCUT2D eigenvalue weighted by Crippen LogP contribution is -1.81. The Kier molecular flexibility index (Phi) is 2.84. The van der Waals surface area contributed by atoms with Crippen LogP contribution in [0.1, 0.15) is 18.4 Å². The van der Waals surface area contributed by atoms with Gasteiger partial charge in [-0.25, -0.2) is 0 Å². The molecule has 0 spiro atoms. The van der Waals surface area contributed by atoms with Gasteiger partial charge in [-0.15, -0.1) is 0 Å². The molecule has 0 radical (unpaired) electrons. The van der Waals surface area contributed by atoms with Gasteiger partial charge in [0, 0.05) is 10.8 Å². The Labute approximate surface area is 151 Å². The van der Waals surface area contributed by atoms with Gasteiger partial charge >= 0.3 is 0 Å². The standard InChI is InChI=1S/C25H18O/c1-2-4-23-22(3-1)25-21-12-10-18-15-17(8-7-16-5-6-16)9-11-19(18)20(21)13-14-24(25)26-23/h1-4,7-16H,5-6H2/b8-7+. The Morgan fingerprint density at radius 1 is 0.731 bits per heavy atom. The molecule has 0 aliphatic heterocycles. The molecule has 1 fully saturated rings. The first kappa shape index (κ1) is 14.1. The van der Waals surface area contributed by atoms with Crippen molar-refractivity contribution in [3.8, 4) is 0 Å². The number of allylic oxidation sites excluding steroid dienone is 1. The fraction of sp³-hybridized carbons (Fsp3) is 0.120. The molecule has 0 N–H and O–H groups in total. The summed E-state index contributed by atoms with van der Waals surface area (Å²) in [6, 6.07) is 23.9. The quantitative estimate of drug-likeness (QED) is 0.308. The summed E-state index contributed by atoms with van der Waals surface area (Å²) < 4.78 is 6.04. The Morgan fingerprint density at radius 2 is 1.58 bits per heavy atom. The van der Waals surface area contributed by atoms with E-state index in [0.29, 0.717) is 0 Å². The van der Waals surface area contributed by atoms with Crippen LogP contribution < -0.4 is 0 Å². The molecule has 0 amide bonds. The smallest absolute Gasteiger partial charge is 0.136 e. The second-order valence-corrected chi connectivity index (χ2v) is 7.37. The van der Waals surface area contributed by atoms with E-state index in [9.17, 15) is 0 Å². The fourth-order valence-electron chi connectivity index (χ4n) is 4.03. The molecule has 0 atom stereocenters. The average Bonchev–Trinajstić information content (AvgIpc) is 3.43. The number of hydrogen-bond acceptors (Lipinski definition) is 1. The number of fused-ring (bicyclic) bond motifs is 7. The molecule has 1 aromatic heterocycles. The normalized spacial score (nSPS) is 15.1. The van der Waals surface area contributed by atoms with E-state index in [-0.39, 0.29) is 0 Å². The summed E-state index contributed by atoms with van der Waals surface area (Å²) in [4.78, 5) is 0. The van der Waals surface area contributed by atoms with Crippen molar-refractivity contribution in [2.45, 2.75) is 12.8 Å². The largest absolute Gasteiger partial charge is 0.456 e. The third kappa shape index (κ3) is 2.10. The van der Waals surface area contributed by atoms with Gasteiger partial charge in [0.2, 0.25) is 0 Å². The van der Waals surface area contributed by atoms with Gasteiger partial charge in [-0.1, -0.05) is 60.7 Å². The lowest BCUT2D eigenvalue weighted by Gasteiger charge is -2.06. The minimum atomic E-state index is 0.810.